The molecule has 0 radical (unpaired) electrons. The zero-order chi connectivity index (χ0) is 12.3. The number of carbonyl (C=O) groups is 1. The van der Waals surface area contributed by atoms with Crippen molar-refractivity contribution in [3.63, 3.8) is 0 Å². The Hall–Kier alpha value is -0.620. The second-order valence-corrected chi connectivity index (χ2v) is 5.77. The van der Waals surface area contributed by atoms with Gasteiger partial charge in [0, 0.05) is 15.2 Å². The molecule has 1 aliphatic rings. The number of carbonyl (C=O) groups excluding carboxylic acids is 1. The topological polar surface area (TPSA) is 55.1 Å². The zero-order valence-electron chi connectivity index (χ0n) is 9.66. The summed E-state index contributed by atoms with van der Waals surface area (Å²) in [6.45, 7) is 0.616. The zero-order valence-corrected chi connectivity index (χ0v) is 11.8. The highest BCUT2D eigenvalue weighted by molar-refractivity contribution is 14.1. The fraction of sp³-hybridized carbons (Fsp3) is 0.462. The minimum atomic E-state index is 0.0966. The molecule has 1 saturated carbocycles. The Bertz CT molecular complexity index is 391. The Morgan fingerprint density at radius 1 is 1.35 bits per heavy atom. The molecular formula is C13H17IN2O. The van der Waals surface area contributed by atoms with Gasteiger partial charge in [-0.25, -0.2) is 0 Å². The van der Waals surface area contributed by atoms with Crippen molar-refractivity contribution in [2.45, 2.75) is 19.3 Å². The van der Waals surface area contributed by atoms with E-state index >= 15 is 0 Å². The third kappa shape index (κ3) is 3.19. The lowest BCUT2D eigenvalue weighted by atomic mass is 9.95. The smallest absolute Gasteiger partial charge is 0.227 e. The largest absolute Gasteiger partial charge is 0.330 e. The van der Waals surface area contributed by atoms with E-state index in [1.165, 1.54) is 3.57 Å². The summed E-state index contributed by atoms with van der Waals surface area (Å²) in [5.74, 6) is 0.581. The van der Waals surface area contributed by atoms with Crippen molar-refractivity contribution in [2.24, 2.45) is 17.6 Å². The van der Waals surface area contributed by atoms with Gasteiger partial charge in [-0.3, -0.25) is 4.79 Å². The molecule has 0 heterocycles. The quantitative estimate of drug-likeness (QED) is 0.829. The van der Waals surface area contributed by atoms with Gasteiger partial charge < -0.3 is 11.1 Å². The number of rotatable bonds is 3. The summed E-state index contributed by atoms with van der Waals surface area (Å²) >= 11 is 2.25. The summed E-state index contributed by atoms with van der Waals surface area (Å²) in [7, 11) is 0. The summed E-state index contributed by atoms with van der Waals surface area (Å²) in [6, 6.07) is 7.86. The van der Waals surface area contributed by atoms with Gasteiger partial charge in [0.05, 0.1) is 0 Å². The van der Waals surface area contributed by atoms with Crippen molar-refractivity contribution < 1.29 is 4.79 Å². The maximum Gasteiger partial charge on any atom is 0.227 e. The van der Waals surface area contributed by atoms with Gasteiger partial charge in [-0.2, -0.15) is 0 Å². The van der Waals surface area contributed by atoms with Crippen LogP contribution in [0.1, 0.15) is 19.3 Å². The van der Waals surface area contributed by atoms with Crippen molar-refractivity contribution in [1.29, 1.82) is 0 Å². The van der Waals surface area contributed by atoms with Crippen LogP contribution >= 0.6 is 22.6 Å². The summed E-state index contributed by atoms with van der Waals surface area (Å²) in [5.41, 5.74) is 6.57. The van der Waals surface area contributed by atoms with E-state index in [2.05, 4.69) is 27.9 Å². The second-order valence-electron chi connectivity index (χ2n) is 4.53. The highest BCUT2D eigenvalue weighted by Crippen LogP contribution is 2.31. The van der Waals surface area contributed by atoms with Crippen LogP contribution in [0.4, 0.5) is 5.69 Å². The molecule has 0 bridgehead atoms. The van der Waals surface area contributed by atoms with Crippen LogP contribution < -0.4 is 11.1 Å². The minimum Gasteiger partial charge on any atom is -0.330 e. The number of amides is 1. The van der Waals surface area contributed by atoms with Crippen molar-refractivity contribution in [3.05, 3.63) is 27.8 Å². The van der Waals surface area contributed by atoms with Gasteiger partial charge in [0.15, 0.2) is 0 Å². The standard InChI is InChI=1S/C13H17IN2O/c14-10-4-6-11(7-5-10)16-13(17)12-3-1-2-9(12)8-15/h4-7,9,12H,1-3,8,15H2,(H,16,17). The number of nitrogens with two attached hydrogens (primary N) is 1. The number of anilines is 1. The predicted molar refractivity (Wildman–Crippen MR) is 77.7 cm³/mol. The molecule has 0 aromatic heterocycles. The first kappa shape index (κ1) is 12.8. The molecule has 2 rings (SSSR count). The molecule has 3 nitrogen and oxygen atoms in total. The molecule has 1 aromatic carbocycles. The van der Waals surface area contributed by atoms with Crippen LogP contribution in [0.15, 0.2) is 24.3 Å². The van der Waals surface area contributed by atoms with Crippen LogP contribution in [0.25, 0.3) is 0 Å². The molecule has 1 amide bonds. The minimum absolute atomic E-state index is 0.0966. The van der Waals surface area contributed by atoms with Crippen LogP contribution in [-0.2, 0) is 4.79 Å². The van der Waals surface area contributed by atoms with Gasteiger partial charge in [0.2, 0.25) is 5.91 Å². The first-order valence-corrected chi connectivity index (χ1v) is 7.05. The second kappa shape index (κ2) is 5.82. The number of hydrogen-bond donors (Lipinski definition) is 2. The molecule has 92 valence electrons. The lowest BCUT2D eigenvalue weighted by molar-refractivity contribution is -0.120. The molecule has 2 atom stereocenters. The van der Waals surface area contributed by atoms with E-state index in [4.69, 9.17) is 5.73 Å². The van der Waals surface area contributed by atoms with Gasteiger partial charge in [0.1, 0.15) is 0 Å². The van der Waals surface area contributed by atoms with E-state index in [0.717, 1.165) is 24.9 Å². The van der Waals surface area contributed by atoms with E-state index in [-0.39, 0.29) is 11.8 Å². The fourth-order valence-electron chi connectivity index (χ4n) is 2.43. The lowest BCUT2D eigenvalue weighted by Gasteiger charge is -2.17. The first-order chi connectivity index (χ1) is 8.20. The summed E-state index contributed by atoms with van der Waals surface area (Å²) in [4.78, 5) is 12.1. The molecule has 2 unspecified atom stereocenters. The Labute approximate surface area is 115 Å². The van der Waals surface area contributed by atoms with Crippen LogP contribution in [-0.4, -0.2) is 12.5 Å². The van der Waals surface area contributed by atoms with Crippen molar-refractivity contribution in [3.8, 4) is 0 Å². The van der Waals surface area contributed by atoms with E-state index in [0.29, 0.717) is 12.5 Å². The third-order valence-electron chi connectivity index (χ3n) is 3.41. The molecule has 1 aromatic rings. The number of halogens is 1. The van der Waals surface area contributed by atoms with Gasteiger partial charge in [-0.05, 0) is 72.2 Å². The number of benzene rings is 1. The third-order valence-corrected chi connectivity index (χ3v) is 4.13. The van der Waals surface area contributed by atoms with Gasteiger partial charge in [0.25, 0.3) is 0 Å². The molecule has 3 N–H and O–H groups in total. The Kier molecular flexibility index (Phi) is 4.39. The Morgan fingerprint density at radius 3 is 2.71 bits per heavy atom. The first-order valence-electron chi connectivity index (χ1n) is 5.97. The van der Waals surface area contributed by atoms with Crippen LogP contribution in [0, 0.1) is 15.4 Å². The lowest BCUT2D eigenvalue weighted by Crippen LogP contribution is -2.29. The Balaban J connectivity index is 1.99. The average Bonchev–Trinajstić information content (AvgIpc) is 2.80. The van der Waals surface area contributed by atoms with Gasteiger partial charge in [-0.15, -0.1) is 0 Å². The summed E-state index contributed by atoms with van der Waals surface area (Å²) < 4.78 is 1.17. The molecule has 17 heavy (non-hydrogen) atoms. The summed E-state index contributed by atoms with van der Waals surface area (Å²) in [5, 5.41) is 2.98. The molecule has 1 fully saturated rings. The number of hydrogen-bond acceptors (Lipinski definition) is 2. The molecule has 0 saturated heterocycles. The van der Waals surface area contributed by atoms with Crippen molar-refractivity contribution in [2.75, 3.05) is 11.9 Å². The molecular weight excluding hydrogens is 327 g/mol. The maximum atomic E-state index is 12.1. The number of nitrogens with one attached hydrogen (secondary N) is 1. The molecule has 0 aliphatic heterocycles. The fourth-order valence-corrected chi connectivity index (χ4v) is 2.79. The van der Waals surface area contributed by atoms with Crippen LogP contribution in [0.2, 0.25) is 0 Å². The van der Waals surface area contributed by atoms with E-state index in [1.807, 2.05) is 24.3 Å². The highest BCUT2D eigenvalue weighted by atomic mass is 127. The van der Waals surface area contributed by atoms with Crippen LogP contribution in [0.5, 0.6) is 0 Å². The molecule has 0 spiro atoms. The van der Waals surface area contributed by atoms with E-state index in [9.17, 15) is 4.79 Å². The highest BCUT2D eigenvalue weighted by Gasteiger charge is 2.31. The maximum absolute atomic E-state index is 12.1. The predicted octanol–water partition coefficient (Wildman–Crippen LogP) is 2.60. The normalized spacial score (nSPS) is 23.6. The van der Waals surface area contributed by atoms with Gasteiger partial charge in [-0.1, -0.05) is 6.42 Å². The van der Waals surface area contributed by atoms with E-state index in [1.54, 1.807) is 0 Å². The van der Waals surface area contributed by atoms with Gasteiger partial charge >= 0.3 is 0 Å². The van der Waals surface area contributed by atoms with Crippen LogP contribution in [0.3, 0.4) is 0 Å². The van der Waals surface area contributed by atoms with Crippen molar-refractivity contribution >= 4 is 34.2 Å². The average molecular weight is 344 g/mol. The van der Waals surface area contributed by atoms with Crippen molar-refractivity contribution in [1.82, 2.24) is 0 Å². The monoisotopic (exact) mass is 344 g/mol. The SMILES string of the molecule is NCC1CCCC1C(=O)Nc1ccc(I)cc1. The molecule has 1 aliphatic carbocycles. The van der Waals surface area contributed by atoms with E-state index < -0.39 is 0 Å². The summed E-state index contributed by atoms with van der Waals surface area (Å²) in [6.07, 6.45) is 3.17. The Morgan fingerprint density at radius 2 is 2.06 bits per heavy atom. The molecule has 4 heteroatoms.